The molecule has 0 saturated carbocycles. The summed E-state index contributed by atoms with van der Waals surface area (Å²) in [6.07, 6.45) is 0. The van der Waals surface area contributed by atoms with Gasteiger partial charge in [-0.25, -0.2) is 0 Å². The lowest BCUT2D eigenvalue weighted by atomic mass is 10.6. The smallest absolute Gasteiger partial charge is 0.216 e. The fourth-order valence-electron chi connectivity index (χ4n) is 0.322. The molecule has 0 aliphatic heterocycles. The second-order valence-electron chi connectivity index (χ2n) is 1.31. The summed E-state index contributed by atoms with van der Waals surface area (Å²) in [5.74, 6) is 0.189. The summed E-state index contributed by atoms with van der Waals surface area (Å²) in [5, 5.41) is 2.69. The maximum atomic E-state index is 10.3. The average Bonchev–Trinajstić information content (AvgIpc) is 1.68. The van der Waals surface area contributed by atoms with Gasteiger partial charge in [-0.1, -0.05) is 0 Å². The minimum absolute atomic E-state index is 0.189. The van der Waals surface area contributed by atoms with Gasteiger partial charge in [0.05, 0.1) is 0 Å². The van der Waals surface area contributed by atoms with Crippen molar-refractivity contribution in [2.45, 2.75) is 13.0 Å². The molecule has 0 spiro atoms. The summed E-state index contributed by atoms with van der Waals surface area (Å²) in [6.45, 7) is 2.69. The minimum atomic E-state index is 0.189. The van der Waals surface area contributed by atoms with Crippen LogP contribution in [0.25, 0.3) is 0 Å². The number of hydrogen-bond donors (Lipinski definition) is 1. The van der Waals surface area contributed by atoms with Crippen molar-refractivity contribution in [3.05, 3.63) is 0 Å². The van der Waals surface area contributed by atoms with Gasteiger partial charge in [0.15, 0.2) is 0 Å². The lowest BCUT2D eigenvalue weighted by Crippen LogP contribution is -2.21. The lowest BCUT2D eigenvalue weighted by molar-refractivity contribution is -0.118. The van der Waals surface area contributed by atoms with Crippen molar-refractivity contribution in [2.24, 2.45) is 0 Å². The molecule has 0 aliphatic rings. The molecule has 3 heteroatoms. The van der Waals surface area contributed by atoms with Gasteiger partial charge >= 0.3 is 0 Å². The highest BCUT2D eigenvalue weighted by atomic mass is 28.1. The highest BCUT2D eigenvalue weighted by molar-refractivity contribution is 6.19. The van der Waals surface area contributed by atoms with E-state index in [1.165, 1.54) is 0 Å². The SMILES string of the molecule is CCNC(=O)C[SiH3]. The van der Waals surface area contributed by atoms with E-state index >= 15 is 0 Å². The molecule has 2 nitrogen and oxygen atoms in total. The van der Waals surface area contributed by atoms with Gasteiger partial charge in [0, 0.05) is 22.8 Å². The molecule has 1 amide bonds. The molecule has 0 atom stereocenters. The Morgan fingerprint density at radius 2 is 2.43 bits per heavy atom. The molecule has 0 radical (unpaired) electrons. The topological polar surface area (TPSA) is 29.1 Å². The molecule has 0 bridgehead atoms. The first-order valence-corrected chi connectivity index (χ1v) is 3.99. The van der Waals surface area contributed by atoms with Gasteiger partial charge < -0.3 is 5.32 Å². The van der Waals surface area contributed by atoms with E-state index in [9.17, 15) is 4.79 Å². The van der Waals surface area contributed by atoms with E-state index in [-0.39, 0.29) is 5.91 Å². The summed E-state index contributed by atoms with van der Waals surface area (Å²) < 4.78 is 0. The Labute approximate surface area is 46.7 Å². The monoisotopic (exact) mass is 117 g/mol. The number of nitrogens with one attached hydrogen (secondary N) is 1. The van der Waals surface area contributed by atoms with E-state index in [1.54, 1.807) is 0 Å². The predicted molar refractivity (Wildman–Crippen MR) is 33.4 cm³/mol. The molecule has 0 unspecified atom stereocenters. The maximum absolute atomic E-state index is 10.3. The molecule has 1 N–H and O–H groups in total. The average molecular weight is 117 g/mol. The fraction of sp³-hybridized carbons (Fsp3) is 0.750. The van der Waals surface area contributed by atoms with Crippen molar-refractivity contribution >= 4 is 16.1 Å². The van der Waals surface area contributed by atoms with E-state index < -0.39 is 0 Å². The van der Waals surface area contributed by atoms with Gasteiger partial charge in [0.25, 0.3) is 0 Å². The molecular formula is C4H11NOSi. The van der Waals surface area contributed by atoms with E-state index in [4.69, 9.17) is 0 Å². The first kappa shape index (κ1) is 6.69. The van der Waals surface area contributed by atoms with Crippen molar-refractivity contribution in [3.8, 4) is 0 Å². The van der Waals surface area contributed by atoms with Crippen LogP contribution >= 0.6 is 0 Å². The molecule has 0 fully saturated rings. The van der Waals surface area contributed by atoms with E-state index in [1.807, 2.05) is 6.92 Å². The number of carbonyl (C=O) groups excluding carboxylic acids is 1. The molecule has 0 heterocycles. The summed E-state index contributed by atoms with van der Waals surface area (Å²) in [5.41, 5.74) is 0. The van der Waals surface area contributed by atoms with Crippen LogP contribution in [0.1, 0.15) is 6.92 Å². The summed E-state index contributed by atoms with van der Waals surface area (Å²) in [7, 11) is 0.975. The molecule has 0 aromatic heterocycles. The number of rotatable bonds is 2. The van der Waals surface area contributed by atoms with Crippen molar-refractivity contribution < 1.29 is 4.79 Å². The first-order valence-electron chi connectivity index (χ1n) is 2.58. The van der Waals surface area contributed by atoms with Crippen LogP contribution in [0.15, 0.2) is 0 Å². The Kier molecular flexibility index (Phi) is 3.69. The molecule has 0 rings (SSSR count). The Morgan fingerprint density at radius 3 is 2.57 bits per heavy atom. The van der Waals surface area contributed by atoms with Crippen LogP contribution in [0, 0.1) is 0 Å². The Hall–Kier alpha value is -0.313. The van der Waals surface area contributed by atoms with Crippen molar-refractivity contribution in [2.75, 3.05) is 6.54 Å². The second-order valence-corrected chi connectivity index (χ2v) is 2.01. The van der Waals surface area contributed by atoms with Crippen LogP contribution in [-0.4, -0.2) is 22.7 Å². The van der Waals surface area contributed by atoms with Crippen molar-refractivity contribution in [1.29, 1.82) is 0 Å². The van der Waals surface area contributed by atoms with Gasteiger partial charge in [-0.2, -0.15) is 0 Å². The zero-order valence-corrected chi connectivity index (χ0v) is 6.82. The Balaban J connectivity index is 3.00. The van der Waals surface area contributed by atoms with E-state index in [0.29, 0.717) is 0 Å². The van der Waals surface area contributed by atoms with E-state index in [0.717, 1.165) is 22.8 Å². The molecular weight excluding hydrogens is 106 g/mol. The molecule has 0 aromatic carbocycles. The van der Waals surface area contributed by atoms with Gasteiger partial charge in [-0.3, -0.25) is 4.79 Å². The Bertz CT molecular complexity index is 64.7. The molecule has 7 heavy (non-hydrogen) atoms. The molecule has 0 aliphatic carbocycles. The normalized spacial score (nSPS) is 8.71. The van der Waals surface area contributed by atoms with Gasteiger partial charge in [0.1, 0.15) is 0 Å². The standard InChI is InChI=1S/C4H11NOSi/c1-2-5-4(6)3-7/h2-3H2,1,7H3,(H,5,6). The van der Waals surface area contributed by atoms with Crippen LogP contribution in [0.2, 0.25) is 6.04 Å². The highest BCUT2D eigenvalue weighted by Gasteiger charge is 1.88. The van der Waals surface area contributed by atoms with Gasteiger partial charge in [-0.15, -0.1) is 0 Å². The molecule has 0 aromatic rings. The largest absolute Gasteiger partial charge is 0.357 e. The third-order valence-electron chi connectivity index (χ3n) is 0.695. The summed E-state index contributed by atoms with van der Waals surface area (Å²) in [6, 6.07) is 0.730. The molecule has 0 saturated heterocycles. The number of carbonyl (C=O) groups is 1. The van der Waals surface area contributed by atoms with Crippen LogP contribution in [-0.2, 0) is 4.79 Å². The van der Waals surface area contributed by atoms with Crippen LogP contribution < -0.4 is 5.32 Å². The van der Waals surface area contributed by atoms with Crippen LogP contribution in [0.3, 0.4) is 0 Å². The second kappa shape index (κ2) is 3.86. The van der Waals surface area contributed by atoms with Gasteiger partial charge in [0.2, 0.25) is 5.91 Å². The fourth-order valence-corrected chi connectivity index (χ4v) is 0.572. The number of amides is 1. The van der Waals surface area contributed by atoms with Crippen LogP contribution in [0.4, 0.5) is 0 Å². The van der Waals surface area contributed by atoms with E-state index in [2.05, 4.69) is 5.32 Å². The summed E-state index contributed by atoms with van der Waals surface area (Å²) in [4.78, 5) is 10.3. The zero-order chi connectivity index (χ0) is 5.70. The summed E-state index contributed by atoms with van der Waals surface area (Å²) >= 11 is 0. The maximum Gasteiger partial charge on any atom is 0.216 e. The third kappa shape index (κ3) is 3.52. The lowest BCUT2D eigenvalue weighted by Gasteiger charge is -1.93. The van der Waals surface area contributed by atoms with Crippen molar-refractivity contribution in [3.63, 3.8) is 0 Å². The quantitative estimate of drug-likeness (QED) is 0.457. The van der Waals surface area contributed by atoms with Gasteiger partial charge in [-0.05, 0) is 6.92 Å². The third-order valence-corrected chi connectivity index (χ3v) is 1.34. The first-order chi connectivity index (χ1) is 3.31. The minimum Gasteiger partial charge on any atom is -0.357 e. The Morgan fingerprint density at radius 1 is 1.86 bits per heavy atom. The highest BCUT2D eigenvalue weighted by Crippen LogP contribution is 1.67. The number of hydrogen-bond acceptors (Lipinski definition) is 1. The predicted octanol–water partition coefficient (Wildman–Crippen LogP) is -1.09. The zero-order valence-electron chi connectivity index (χ0n) is 4.82. The van der Waals surface area contributed by atoms with Crippen molar-refractivity contribution in [1.82, 2.24) is 5.32 Å². The molecule has 42 valence electrons. The van der Waals surface area contributed by atoms with Crippen LogP contribution in [0.5, 0.6) is 0 Å².